The van der Waals surface area contributed by atoms with Crippen molar-refractivity contribution >= 4 is 0 Å². The number of aliphatic hydroxyl groups excluding tert-OH is 3. The van der Waals surface area contributed by atoms with E-state index in [1.54, 1.807) is 0 Å². The van der Waals surface area contributed by atoms with E-state index in [0.717, 1.165) is 54.6 Å². The Morgan fingerprint density at radius 1 is 0.568 bits per heavy atom. The maximum Gasteiger partial charge on any atom is 0.0640 e. The molecular formula is C33H61NO3. The van der Waals surface area contributed by atoms with Gasteiger partial charge in [-0.2, -0.15) is 0 Å². The Kier molecular flexibility index (Phi) is 10.1. The Labute approximate surface area is 229 Å². The van der Waals surface area contributed by atoms with Crippen molar-refractivity contribution in [3.05, 3.63) is 0 Å². The van der Waals surface area contributed by atoms with Gasteiger partial charge in [-0.15, -0.1) is 0 Å². The summed E-state index contributed by atoms with van der Waals surface area (Å²) in [5.74, 6) is 4.42. The summed E-state index contributed by atoms with van der Waals surface area (Å²) in [5.41, 5.74) is 0.181. The summed E-state index contributed by atoms with van der Waals surface area (Å²) in [5, 5.41) is 30.5. The summed E-state index contributed by atoms with van der Waals surface area (Å²) in [7, 11) is 0. The highest BCUT2D eigenvalue weighted by Gasteiger charge is 2.47. The molecule has 8 atom stereocenters. The van der Waals surface area contributed by atoms with E-state index in [-0.39, 0.29) is 30.5 Å². The fourth-order valence-electron chi connectivity index (χ4n) is 9.39. The van der Waals surface area contributed by atoms with Crippen LogP contribution in [0.15, 0.2) is 0 Å². The van der Waals surface area contributed by atoms with Gasteiger partial charge in [0.25, 0.3) is 0 Å². The third-order valence-corrected chi connectivity index (χ3v) is 12.8. The van der Waals surface area contributed by atoms with Gasteiger partial charge in [-0.05, 0) is 118 Å². The van der Waals surface area contributed by atoms with Crippen molar-refractivity contribution < 1.29 is 15.3 Å². The summed E-state index contributed by atoms with van der Waals surface area (Å²) in [6.45, 7) is 14.9. The van der Waals surface area contributed by atoms with Gasteiger partial charge in [0.05, 0.1) is 6.10 Å². The van der Waals surface area contributed by atoms with E-state index in [4.69, 9.17) is 0 Å². The molecule has 216 valence electrons. The molecule has 0 bridgehead atoms. The largest absolute Gasteiger partial charge is 0.396 e. The van der Waals surface area contributed by atoms with Crippen LogP contribution in [0.4, 0.5) is 0 Å². The van der Waals surface area contributed by atoms with Crippen LogP contribution in [0.1, 0.15) is 119 Å². The minimum absolute atomic E-state index is 0.0306. The van der Waals surface area contributed by atoms with Crippen LogP contribution in [0.5, 0.6) is 0 Å². The number of hydrogen-bond donors (Lipinski definition) is 3. The molecule has 0 amide bonds. The second-order valence-electron chi connectivity index (χ2n) is 15.2. The molecule has 4 fully saturated rings. The van der Waals surface area contributed by atoms with Gasteiger partial charge in [-0.3, -0.25) is 4.90 Å². The standard InChI is InChI=1S/C33H61NO3/c1-21-7-11-30(15-23(21)3)34(31-12-8-22(2)24(4)16-31)29-13-9-27(10-14-29)33(5,6)28-17-25(19-35)32(37)26(18-28)20-36/h21-32,35-37H,7-20H2,1-6H3. The maximum absolute atomic E-state index is 10.6. The smallest absolute Gasteiger partial charge is 0.0640 e. The lowest BCUT2D eigenvalue weighted by Gasteiger charge is -2.53. The van der Waals surface area contributed by atoms with Crippen LogP contribution in [-0.2, 0) is 0 Å². The van der Waals surface area contributed by atoms with Gasteiger partial charge in [-0.1, -0.05) is 41.5 Å². The van der Waals surface area contributed by atoms with Gasteiger partial charge in [0.2, 0.25) is 0 Å². The van der Waals surface area contributed by atoms with Crippen LogP contribution in [0.25, 0.3) is 0 Å². The van der Waals surface area contributed by atoms with Crippen molar-refractivity contribution in [3.8, 4) is 0 Å². The Bertz CT molecular complexity index is 664. The lowest BCUT2D eigenvalue weighted by Crippen LogP contribution is -2.55. The minimum Gasteiger partial charge on any atom is -0.396 e. The molecule has 0 aliphatic heterocycles. The van der Waals surface area contributed by atoms with Crippen LogP contribution in [-0.4, -0.2) is 57.7 Å². The zero-order chi connectivity index (χ0) is 26.9. The zero-order valence-electron chi connectivity index (χ0n) is 25.1. The SMILES string of the molecule is CC1CCC(N(C2CCC(C(C)(C)C3CC(CO)C(O)C(CO)C3)CC2)C2CCC(C)C(C)C2)CC1C. The van der Waals surface area contributed by atoms with Gasteiger partial charge in [-0.25, -0.2) is 0 Å². The molecule has 4 nitrogen and oxygen atoms in total. The van der Waals surface area contributed by atoms with Crippen molar-refractivity contribution in [3.63, 3.8) is 0 Å². The van der Waals surface area contributed by atoms with Crippen LogP contribution >= 0.6 is 0 Å². The van der Waals surface area contributed by atoms with E-state index in [9.17, 15) is 15.3 Å². The van der Waals surface area contributed by atoms with Crippen LogP contribution in [0, 0.1) is 52.8 Å². The summed E-state index contributed by atoms with van der Waals surface area (Å²) < 4.78 is 0. The average molecular weight is 520 g/mol. The number of rotatable bonds is 7. The number of aliphatic hydroxyl groups is 3. The third kappa shape index (κ3) is 6.44. The first-order valence-corrected chi connectivity index (χ1v) is 16.2. The average Bonchev–Trinajstić information content (AvgIpc) is 2.88. The molecule has 37 heavy (non-hydrogen) atoms. The molecule has 4 aliphatic carbocycles. The Balaban J connectivity index is 1.44. The van der Waals surface area contributed by atoms with E-state index < -0.39 is 6.10 Å². The van der Waals surface area contributed by atoms with Crippen molar-refractivity contribution in [1.29, 1.82) is 0 Å². The molecule has 0 aromatic heterocycles. The predicted molar refractivity (Wildman–Crippen MR) is 153 cm³/mol. The third-order valence-electron chi connectivity index (χ3n) is 12.8. The van der Waals surface area contributed by atoms with E-state index in [1.165, 1.54) is 64.2 Å². The van der Waals surface area contributed by atoms with Crippen molar-refractivity contribution in [2.75, 3.05) is 13.2 Å². The van der Waals surface area contributed by atoms with E-state index in [1.807, 2.05) is 0 Å². The van der Waals surface area contributed by atoms with Gasteiger partial charge in [0.15, 0.2) is 0 Å². The molecule has 8 unspecified atom stereocenters. The normalized spacial score (nSPS) is 46.2. The molecule has 0 saturated heterocycles. The van der Waals surface area contributed by atoms with E-state index in [0.29, 0.717) is 11.8 Å². The Morgan fingerprint density at radius 3 is 1.41 bits per heavy atom. The zero-order valence-corrected chi connectivity index (χ0v) is 25.1. The van der Waals surface area contributed by atoms with Crippen LogP contribution in [0.3, 0.4) is 0 Å². The summed E-state index contributed by atoms with van der Waals surface area (Å²) >= 11 is 0. The monoisotopic (exact) mass is 519 g/mol. The molecule has 0 aromatic carbocycles. The topological polar surface area (TPSA) is 63.9 Å². The highest BCUT2D eigenvalue weighted by molar-refractivity contribution is 4.98. The summed E-state index contributed by atoms with van der Waals surface area (Å²) in [4.78, 5) is 3.11. The molecule has 3 N–H and O–H groups in total. The predicted octanol–water partition coefficient (Wildman–Crippen LogP) is 6.51. The first kappa shape index (κ1) is 29.8. The van der Waals surface area contributed by atoms with Crippen molar-refractivity contribution in [2.24, 2.45) is 52.8 Å². The second kappa shape index (κ2) is 12.6. The first-order valence-electron chi connectivity index (χ1n) is 16.2. The number of nitrogens with zero attached hydrogens (tertiary/aromatic N) is 1. The Hall–Kier alpha value is -0.160. The highest BCUT2D eigenvalue weighted by atomic mass is 16.3. The lowest BCUT2D eigenvalue weighted by molar-refractivity contribution is -0.0821. The first-order chi connectivity index (χ1) is 17.6. The molecule has 4 aliphatic rings. The van der Waals surface area contributed by atoms with Crippen molar-refractivity contribution in [2.45, 2.75) is 143 Å². The highest BCUT2D eigenvalue weighted by Crippen LogP contribution is 2.51. The second-order valence-corrected chi connectivity index (χ2v) is 15.2. The van der Waals surface area contributed by atoms with Gasteiger partial charge < -0.3 is 15.3 Å². The molecule has 0 aromatic rings. The van der Waals surface area contributed by atoms with Gasteiger partial charge in [0, 0.05) is 43.2 Å². The van der Waals surface area contributed by atoms with Gasteiger partial charge in [0.1, 0.15) is 0 Å². The fourth-order valence-corrected chi connectivity index (χ4v) is 9.39. The maximum atomic E-state index is 10.6. The summed E-state index contributed by atoms with van der Waals surface area (Å²) in [6, 6.07) is 2.30. The Morgan fingerprint density at radius 2 is 1.00 bits per heavy atom. The molecule has 4 heteroatoms. The molecule has 4 rings (SSSR count). The molecule has 0 spiro atoms. The molecule has 0 radical (unpaired) electrons. The molecule has 4 saturated carbocycles. The van der Waals surface area contributed by atoms with E-state index >= 15 is 0 Å². The fraction of sp³-hybridized carbons (Fsp3) is 1.00. The number of hydrogen-bond acceptors (Lipinski definition) is 4. The van der Waals surface area contributed by atoms with Crippen LogP contribution < -0.4 is 0 Å². The van der Waals surface area contributed by atoms with Crippen LogP contribution in [0.2, 0.25) is 0 Å². The summed E-state index contributed by atoms with van der Waals surface area (Å²) in [6.07, 6.45) is 14.9. The van der Waals surface area contributed by atoms with E-state index in [2.05, 4.69) is 46.4 Å². The molecular weight excluding hydrogens is 458 g/mol. The van der Waals surface area contributed by atoms with Crippen molar-refractivity contribution in [1.82, 2.24) is 4.90 Å². The molecule has 0 heterocycles. The lowest BCUT2D eigenvalue weighted by atomic mass is 9.57. The van der Waals surface area contributed by atoms with Gasteiger partial charge >= 0.3 is 0 Å². The minimum atomic E-state index is -0.562. The quantitative estimate of drug-likeness (QED) is 0.359.